The minimum Gasteiger partial charge on any atom is -0.483 e. The summed E-state index contributed by atoms with van der Waals surface area (Å²) in [5, 5.41) is 12.9. The van der Waals surface area contributed by atoms with Crippen LogP contribution in [-0.2, 0) is 4.79 Å². The van der Waals surface area contributed by atoms with Crippen molar-refractivity contribution in [3.8, 4) is 16.9 Å². The van der Waals surface area contributed by atoms with Gasteiger partial charge in [-0.05, 0) is 36.0 Å². The Morgan fingerprint density at radius 3 is 2.42 bits per heavy atom. The number of hydrogen-bond donors (Lipinski definition) is 3. The molecule has 0 saturated heterocycles. The number of nitro benzene ring substituents is 1. The van der Waals surface area contributed by atoms with Crippen LogP contribution in [0.25, 0.3) is 11.1 Å². The second kappa shape index (κ2) is 11.0. The van der Waals surface area contributed by atoms with E-state index in [9.17, 15) is 19.7 Å². The van der Waals surface area contributed by atoms with E-state index in [2.05, 4.69) is 16.2 Å². The zero-order valence-electron chi connectivity index (χ0n) is 16.9. The summed E-state index contributed by atoms with van der Waals surface area (Å²) in [4.78, 5) is 34.6. The summed E-state index contributed by atoms with van der Waals surface area (Å²) in [6.45, 7) is -0.309. The molecule has 0 aliphatic rings. The summed E-state index contributed by atoms with van der Waals surface area (Å²) in [7, 11) is 0. The van der Waals surface area contributed by atoms with Gasteiger partial charge in [-0.1, -0.05) is 60.1 Å². The molecule has 0 atom stereocenters. The molecule has 11 heteroatoms. The van der Waals surface area contributed by atoms with Crippen molar-refractivity contribution in [1.82, 2.24) is 16.2 Å². The molecule has 2 amide bonds. The normalized spacial score (nSPS) is 10.1. The van der Waals surface area contributed by atoms with Crippen LogP contribution in [0.1, 0.15) is 10.4 Å². The van der Waals surface area contributed by atoms with Crippen LogP contribution in [-0.4, -0.2) is 28.5 Å². The highest BCUT2D eigenvalue weighted by atomic mass is 35.5. The molecule has 0 spiro atoms. The number of ether oxygens (including phenoxy) is 1. The van der Waals surface area contributed by atoms with Gasteiger partial charge in [-0.25, -0.2) is 0 Å². The Labute approximate surface area is 198 Å². The molecular weight excluding hydrogens is 468 g/mol. The molecule has 3 rings (SSSR count). The van der Waals surface area contributed by atoms with E-state index < -0.39 is 22.4 Å². The number of carbonyl (C=O) groups excluding carboxylic acids is 2. The number of amides is 2. The summed E-state index contributed by atoms with van der Waals surface area (Å²) in [5.74, 6) is -0.731. The SMILES string of the molecule is O=C(COc1ccccc1-c1ccccc1)NNC(=S)NC(=O)c1ccc(Cl)c([N+](=O)[O-])c1. The summed E-state index contributed by atoms with van der Waals surface area (Å²) in [6.07, 6.45) is 0. The van der Waals surface area contributed by atoms with Gasteiger partial charge >= 0.3 is 0 Å². The van der Waals surface area contributed by atoms with E-state index in [1.54, 1.807) is 12.1 Å². The van der Waals surface area contributed by atoms with Crippen LogP contribution in [0, 0.1) is 10.1 Å². The molecule has 168 valence electrons. The predicted octanol–water partition coefficient (Wildman–Crippen LogP) is 3.63. The summed E-state index contributed by atoms with van der Waals surface area (Å²) in [5.41, 5.74) is 6.02. The van der Waals surface area contributed by atoms with Gasteiger partial charge in [0.15, 0.2) is 11.7 Å². The second-order valence-electron chi connectivity index (χ2n) is 6.53. The van der Waals surface area contributed by atoms with Crippen LogP contribution in [0.5, 0.6) is 5.75 Å². The fourth-order valence-corrected chi connectivity index (χ4v) is 3.09. The standard InChI is InChI=1S/C22H17ClN4O5S/c23-17-11-10-15(12-18(17)27(30)31)21(29)24-22(33)26-25-20(28)13-32-19-9-5-4-8-16(19)14-6-2-1-3-7-14/h1-12H,13H2,(H,25,28)(H2,24,26,29,33). The highest BCUT2D eigenvalue weighted by Crippen LogP contribution is 2.29. The summed E-state index contributed by atoms with van der Waals surface area (Å²) < 4.78 is 5.62. The van der Waals surface area contributed by atoms with E-state index in [1.807, 2.05) is 42.5 Å². The number of nitro groups is 1. The van der Waals surface area contributed by atoms with E-state index >= 15 is 0 Å². The van der Waals surface area contributed by atoms with Gasteiger partial charge in [0.05, 0.1) is 4.92 Å². The van der Waals surface area contributed by atoms with Crippen LogP contribution >= 0.6 is 23.8 Å². The van der Waals surface area contributed by atoms with Crippen LogP contribution in [0.4, 0.5) is 5.69 Å². The Morgan fingerprint density at radius 2 is 1.70 bits per heavy atom. The smallest absolute Gasteiger partial charge is 0.288 e. The number of nitrogens with zero attached hydrogens (tertiary/aromatic N) is 1. The number of nitrogens with one attached hydrogen (secondary N) is 3. The maximum absolute atomic E-state index is 12.2. The molecule has 0 unspecified atom stereocenters. The Kier molecular flexibility index (Phi) is 7.90. The van der Waals surface area contributed by atoms with Crippen LogP contribution in [0.15, 0.2) is 72.8 Å². The lowest BCUT2D eigenvalue weighted by atomic mass is 10.1. The number of para-hydroxylation sites is 1. The molecule has 0 aliphatic carbocycles. The lowest BCUT2D eigenvalue weighted by Gasteiger charge is -2.13. The minimum absolute atomic E-state index is 0.0255. The number of rotatable bonds is 6. The van der Waals surface area contributed by atoms with Crippen molar-refractivity contribution < 1.29 is 19.2 Å². The van der Waals surface area contributed by atoms with Gasteiger partial charge in [0, 0.05) is 17.2 Å². The van der Waals surface area contributed by atoms with Crippen LogP contribution < -0.4 is 20.9 Å². The molecule has 0 aliphatic heterocycles. The van der Waals surface area contributed by atoms with Gasteiger partial charge in [-0.2, -0.15) is 0 Å². The zero-order chi connectivity index (χ0) is 23.8. The van der Waals surface area contributed by atoms with Crippen molar-refractivity contribution in [2.24, 2.45) is 0 Å². The number of hydrogen-bond acceptors (Lipinski definition) is 6. The lowest BCUT2D eigenvalue weighted by Crippen LogP contribution is -2.49. The number of hydrazine groups is 1. The molecule has 0 aromatic heterocycles. The molecule has 3 aromatic carbocycles. The Hall–Kier alpha value is -4.02. The molecule has 9 nitrogen and oxygen atoms in total. The predicted molar refractivity (Wildman–Crippen MR) is 127 cm³/mol. The van der Waals surface area contributed by atoms with Crippen molar-refractivity contribution in [3.05, 3.63) is 93.5 Å². The van der Waals surface area contributed by atoms with Crippen molar-refractivity contribution in [3.63, 3.8) is 0 Å². The quantitative estimate of drug-likeness (QED) is 0.277. The second-order valence-corrected chi connectivity index (χ2v) is 7.35. The first-order valence-electron chi connectivity index (χ1n) is 9.46. The van der Waals surface area contributed by atoms with E-state index in [4.69, 9.17) is 28.6 Å². The van der Waals surface area contributed by atoms with Gasteiger partial charge in [0.25, 0.3) is 17.5 Å². The third kappa shape index (κ3) is 6.48. The van der Waals surface area contributed by atoms with Crippen molar-refractivity contribution in [2.75, 3.05) is 6.61 Å². The first-order valence-corrected chi connectivity index (χ1v) is 10.2. The van der Waals surface area contributed by atoms with Crippen LogP contribution in [0.3, 0.4) is 0 Å². The van der Waals surface area contributed by atoms with Crippen LogP contribution in [0.2, 0.25) is 5.02 Å². The summed E-state index contributed by atoms with van der Waals surface area (Å²) >= 11 is 10.7. The number of thiocarbonyl (C=S) groups is 1. The van der Waals surface area contributed by atoms with Crippen molar-refractivity contribution >= 4 is 46.4 Å². The largest absolute Gasteiger partial charge is 0.483 e. The highest BCUT2D eigenvalue weighted by Gasteiger charge is 2.17. The minimum atomic E-state index is -0.713. The Balaban J connectivity index is 1.51. The van der Waals surface area contributed by atoms with Crippen molar-refractivity contribution in [2.45, 2.75) is 0 Å². The molecule has 3 aromatic rings. The number of benzene rings is 3. The Bertz CT molecular complexity index is 1210. The van der Waals surface area contributed by atoms with Gasteiger partial charge in [-0.15, -0.1) is 0 Å². The van der Waals surface area contributed by atoms with Crippen molar-refractivity contribution in [1.29, 1.82) is 0 Å². The average Bonchev–Trinajstić information content (AvgIpc) is 2.82. The topological polar surface area (TPSA) is 123 Å². The van der Waals surface area contributed by atoms with E-state index in [1.165, 1.54) is 12.1 Å². The first kappa shape index (κ1) is 23.6. The number of carbonyl (C=O) groups is 2. The molecule has 0 saturated carbocycles. The van der Waals surface area contributed by atoms with E-state index in [-0.39, 0.29) is 22.3 Å². The molecule has 3 N–H and O–H groups in total. The molecule has 0 bridgehead atoms. The zero-order valence-corrected chi connectivity index (χ0v) is 18.5. The maximum atomic E-state index is 12.2. The third-order valence-electron chi connectivity index (χ3n) is 4.28. The maximum Gasteiger partial charge on any atom is 0.288 e. The molecule has 0 heterocycles. The molecule has 0 radical (unpaired) electrons. The van der Waals surface area contributed by atoms with Gasteiger partial charge in [0.2, 0.25) is 0 Å². The fraction of sp³-hybridized carbons (Fsp3) is 0.0455. The fourth-order valence-electron chi connectivity index (χ4n) is 2.75. The van der Waals surface area contributed by atoms with Gasteiger partial charge in [-0.3, -0.25) is 35.9 Å². The van der Waals surface area contributed by atoms with E-state index in [0.717, 1.165) is 17.2 Å². The number of halogens is 1. The van der Waals surface area contributed by atoms with E-state index in [0.29, 0.717) is 5.75 Å². The van der Waals surface area contributed by atoms with Gasteiger partial charge < -0.3 is 4.74 Å². The molecule has 33 heavy (non-hydrogen) atoms. The molecular formula is C22H17ClN4O5S. The lowest BCUT2D eigenvalue weighted by molar-refractivity contribution is -0.384. The Morgan fingerprint density at radius 1 is 1.00 bits per heavy atom. The average molecular weight is 485 g/mol. The summed E-state index contributed by atoms with van der Waals surface area (Å²) in [6, 6.07) is 20.4. The monoisotopic (exact) mass is 484 g/mol. The first-order chi connectivity index (χ1) is 15.8. The van der Waals surface area contributed by atoms with Gasteiger partial charge in [0.1, 0.15) is 10.8 Å². The third-order valence-corrected chi connectivity index (χ3v) is 4.80. The highest BCUT2D eigenvalue weighted by molar-refractivity contribution is 7.80. The molecule has 0 fully saturated rings.